The zero-order valence-corrected chi connectivity index (χ0v) is 16.1. The topological polar surface area (TPSA) is 71.3 Å². The van der Waals surface area contributed by atoms with Crippen LogP contribution in [0.5, 0.6) is 5.75 Å². The van der Waals surface area contributed by atoms with Crippen molar-refractivity contribution in [3.05, 3.63) is 63.8 Å². The van der Waals surface area contributed by atoms with Crippen molar-refractivity contribution in [3.8, 4) is 5.75 Å². The predicted octanol–water partition coefficient (Wildman–Crippen LogP) is 4.12. The van der Waals surface area contributed by atoms with Gasteiger partial charge in [-0.2, -0.15) is 0 Å². The van der Waals surface area contributed by atoms with Gasteiger partial charge in [-0.15, -0.1) is 0 Å². The molecule has 0 radical (unpaired) electrons. The summed E-state index contributed by atoms with van der Waals surface area (Å²) in [7, 11) is 1.43. The summed E-state index contributed by atoms with van der Waals surface area (Å²) in [5.74, 6) is -5.37. The highest BCUT2D eigenvalue weighted by Crippen LogP contribution is 2.38. The van der Waals surface area contributed by atoms with Gasteiger partial charge in [-0.1, -0.05) is 11.6 Å². The molecule has 1 atom stereocenters. The molecule has 28 heavy (non-hydrogen) atoms. The monoisotopic (exact) mass is 406 g/mol. The number of nitrogens with zero attached hydrogens (tertiary/aromatic N) is 1. The number of phenolic OH excluding ortho intramolecular Hbond substituents is 1. The van der Waals surface area contributed by atoms with E-state index in [1.54, 1.807) is 0 Å². The lowest BCUT2D eigenvalue weighted by atomic mass is 9.96. The van der Waals surface area contributed by atoms with Crippen LogP contribution in [-0.2, 0) is 4.79 Å². The molecule has 8 heteroatoms. The molecular formula is C20H17ClF2N2O3. The number of halogens is 3. The lowest BCUT2D eigenvalue weighted by Crippen LogP contribution is -2.24. The number of benzene rings is 2. The molecule has 1 heterocycles. The molecular weight excluding hydrogens is 390 g/mol. The highest BCUT2D eigenvalue weighted by atomic mass is 35.5. The van der Waals surface area contributed by atoms with Gasteiger partial charge in [-0.05, 0) is 43.7 Å². The van der Waals surface area contributed by atoms with Gasteiger partial charge >= 0.3 is 0 Å². The first-order chi connectivity index (χ1) is 13.2. The van der Waals surface area contributed by atoms with E-state index in [0.29, 0.717) is 5.02 Å². The van der Waals surface area contributed by atoms with Crippen LogP contribution in [0, 0.1) is 18.6 Å². The van der Waals surface area contributed by atoms with Crippen molar-refractivity contribution in [3.63, 3.8) is 0 Å². The second-order valence-corrected chi connectivity index (χ2v) is 6.83. The van der Waals surface area contributed by atoms with Crippen molar-refractivity contribution in [1.82, 2.24) is 9.88 Å². The van der Waals surface area contributed by atoms with Gasteiger partial charge in [-0.3, -0.25) is 14.2 Å². The molecule has 0 aliphatic carbocycles. The average Bonchev–Trinajstić information content (AvgIpc) is 2.96. The van der Waals surface area contributed by atoms with Gasteiger partial charge in [0.1, 0.15) is 0 Å². The maximum Gasteiger partial charge on any atom is 0.262 e. The van der Waals surface area contributed by atoms with Crippen LogP contribution in [0.3, 0.4) is 0 Å². The number of rotatable bonds is 3. The summed E-state index contributed by atoms with van der Waals surface area (Å²) in [5.41, 5.74) is 0.646. The van der Waals surface area contributed by atoms with Crippen LogP contribution in [0.1, 0.15) is 34.5 Å². The first-order valence-corrected chi connectivity index (χ1v) is 8.80. The molecule has 2 aromatic carbocycles. The number of carbonyl (C=O) groups is 2. The van der Waals surface area contributed by atoms with Crippen LogP contribution in [-0.4, -0.2) is 28.5 Å². The predicted molar refractivity (Wildman–Crippen MR) is 102 cm³/mol. The molecule has 0 saturated carbocycles. The van der Waals surface area contributed by atoms with Gasteiger partial charge < -0.3 is 10.4 Å². The molecule has 5 nitrogen and oxygen atoms in total. The lowest BCUT2D eigenvalue weighted by molar-refractivity contribution is -0.121. The molecule has 0 spiro atoms. The Morgan fingerprint density at radius 2 is 1.82 bits per heavy atom. The van der Waals surface area contributed by atoms with Crippen LogP contribution in [0.4, 0.5) is 8.78 Å². The number of fused-ring (bicyclic) bond motifs is 1. The van der Waals surface area contributed by atoms with Crippen molar-refractivity contribution < 1.29 is 23.5 Å². The number of hydrogen-bond acceptors (Lipinski definition) is 3. The Hall–Kier alpha value is -2.93. The van der Waals surface area contributed by atoms with E-state index in [-0.39, 0.29) is 27.7 Å². The average molecular weight is 407 g/mol. The van der Waals surface area contributed by atoms with Crippen LogP contribution >= 0.6 is 11.6 Å². The summed E-state index contributed by atoms with van der Waals surface area (Å²) in [4.78, 5) is 25.3. The third-order valence-corrected chi connectivity index (χ3v) is 5.03. The second-order valence-electron chi connectivity index (χ2n) is 6.40. The van der Waals surface area contributed by atoms with E-state index in [1.165, 1.54) is 45.2 Å². The fourth-order valence-corrected chi connectivity index (χ4v) is 3.50. The molecule has 0 aliphatic heterocycles. The van der Waals surface area contributed by atoms with Crippen molar-refractivity contribution in [2.75, 3.05) is 7.05 Å². The maximum atomic E-state index is 14.8. The van der Waals surface area contributed by atoms with E-state index >= 15 is 0 Å². The van der Waals surface area contributed by atoms with E-state index in [1.807, 2.05) is 0 Å². The molecule has 146 valence electrons. The SMILES string of the molecule is CNC(=O)[C@H](C)c1c(C)n(C(=O)c2ccc(Cl)cc2)c2cc(F)c(O)c(F)c12. The molecule has 3 rings (SSSR count). The van der Waals surface area contributed by atoms with Crippen LogP contribution in [0.25, 0.3) is 10.9 Å². The number of aromatic hydroxyl groups is 1. The van der Waals surface area contributed by atoms with Crippen LogP contribution < -0.4 is 5.32 Å². The number of aromatic nitrogens is 1. The molecule has 0 fully saturated rings. The Balaban J connectivity index is 2.37. The summed E-state index contributed by atoms with van der Waals surface area (Å²) >= 11 is 5.85. The second kappa shape index (κ2) is 7.24. The summed E-state index contributed by atoms with van der Waals surface area (Å²) in [5, 5.41) is 12.5. The number of phenols is 1. The van der Waals surface area contributed by atoms with E-state index in [0.717, 1.165) is 10.6 Å². The van der Waals surface area contributed by atoms with Gasteiger partial charge in [0, 0.05) is 34.8 Å². The fourth-order valence-electron chi connectivity index (χ4n) is 3.37. The number of likely N-dealkylation sites (N-methyl/N-ethyl adjacent to an activating group) is 1. The summed E-state index contributed by atoms with van der Waals surface area (Å²) in [6.07, 6.45) is 0. The molecule has 0 aliphatic rings. The third kappa shape index (κ3) is 3.01. The lowest BCUT2D eigenvalue weighted by Gasteiger charge is -2.12. The number of carbonyl (C=O) groups excluding carboxylic acids is 2. The van der Waals surface area contributed by atoms with E-state index in [4.69, 9.17) is 11.6 Å². The standard InChI is InChI=1S/C20H17ClF2N2O3/c1-9(19(27)24-3)15-10(2)25(20(28)11-4-6-12(21)7-5-11)14-8-13(22)18(26)17(23)16(14)15/h4-9,26H,1-3H3,(H,24,27)/t9-/m1/s1. The third-order valence-electron chi connectivity index (χ3n) is 4.78. The molecule has 1 aromatic heterocycles. The van der Waals surface area contributed by atoms with E-state index in [2.05, 4.69) is 5.32 Å². The Labute approximate surface area is 164 Å². The highest BCUT2D eigenvalue weighted by molar-refractivity contribution is 6.30. The normalized spacial score (nSPS) is 12.2. The van der Waals surface area contributed by atoms with Crippen LogP contribution in [0.2, 0.25) is 5.02 Å². The zero-order chi connectivity index (χ0) is 20.7. The van der Waals surface area contributed by atoms with E-state index in [9.17, 15) is 23.5 Å². The molecule has 0 saturated heterocycles. The van der Waals surface area contributed by atoms with Gasteiger partial charge in [0.15, 0.2) is 17.4 Å². The Morgan fingerprint density at radius 3 is 2.39 bits per heavy atom. The molecule has 2 N–H and O–H groups in total. The Bertz CT molecular complexity index is 1110. The minimum absolute atomic E-state index is 0.0731. The summed E-state index contributed by atoms with van der Waals surface area (Å²) < 4.78 is 30.0. The van der Waals surface area contributed by atoms with Crippen molar-refractivity contribution in [2.24, 2.45) is 0 Å². The van der Waals surface area contributed by atoms with Gasteiger partial charge in [-0.25, -0.2) is 8.78 Å². The molecule has 0 bridgehead atoms. The Morgan fingerprint density at radius 1 is 1.21 bits per heavy atom. The largest absolute Gasteiger partial charge is 0.503 e. The summed E-state index contributed by atoms with van der Waals surface area (Å²) in [6, 6.07) is 6.91. The minimum atomic E-state index is -1.22. The van der Waals surface area contributed by atoms with Gasteiger partial charge in [0.25, 0.3) is 5.91 Å². The van der Waals surface area contributed by atoms with Gasteiger partial charge in [0.2, 0.25) is 5.91 Å². The fraction of sp³-hybridized carbons (Fsp3) is 0.200. The Kier molecular flexibility index (Phi) is 5.12. The van der Waals surface area contributed by atoms with Crippen molar-refractivity contribution in [1.29, 1.82) is 0 Å². The van der Waals surface area contributed by atoms with Crippen molar-refractivity contribution >= 4 is 34.3 Å². The smallest absolute Gasteiger partial charge is 0.262 e. The molecule has 1 amide bonds. The zero-order valence-electron chi connectivity index (χ0n) is 15.3. The molecule has 3 aromatic rings. The summed E-state index contributed by atoms with van der Waals surface area (Å²) in [6.45, 7) is 3.08. The quantitative estimate of drug-likeness (QED) is 0.687. The first kappa shape index (κ1) is 19.8. The first-order valence-electron chi connectivity index (χ1n) is 8.42. The van der Waals surface area contributed by atoms with Gasteiger partial charge in [0.05, 0.1) is 11.4 Å². The minimum Gasteiger partial charge on any atom is -0.503 e. The number of nitrogens with one attached hydrogen (secondary N) is 1. The highest BCUT2D eigenvalue weighted by Gasteiger charge is 2.30. The maximum absolute atomic E-state index is 14.8. The van der Waals surface area contributed by atoms with Crippen LogP contribution in [0.15, 0.2) is 30.3 Å². The number of amides is 1. The molecule has 0 unspecified atom stereocenters. The number of hydrogen-bond donors (Lipinski definition) is 2. The van der Waals surface area contributed by atoms with E-state index < -0.39 is 35.1 Å². The van der Waals surface area contributed by atoms with Crippen molar-refractivity contribution in [2.45, 2.75) is 19.8 Å².